The van der Waals surface area contributed by atoms with Crippen LogP contribution in [0.1, 0.15) is 24.3 Å². The van der Waals surface area contributed by atoms with Gasteiger partial charge in [-0.15, -0.1) is 0 Å². The van der Waals surface area contributed by atoms with E-state index < -0.39 is 23.7 Å². The van der Waals surface area contributed by atoms with Gasteiger partial charge in [-0.25, -0.2) is 0 Å². The zero-order valence-corrected chi connectivity index (χ0v) is 23.3. The van der Waals surface area contributed by atoms with Gasteiger partial charge in [0.15, 0.2) is 11.6 Å². The fraction of sp³-hybridized carbons (Fsp3) is 0.188. The second-order valence-electron chi connectivity index (χ2n) is 10.6. The molecule has 2 amide bonds. The molecule has 1 fully saturated rings. The number of carbonyl (C=O) groups excluding carboxylic acids is 4. The monoisotopic (exact) mass is 613 g/mol. The summed E-state index contributed by atoms with van der Waals surface area (Å²) in [5.74, 6) is -3.70. The van der Waals surface area contributed by atoms with Crippen molar-refractivity contribution in [3.63, 3.8) is 0 Å². The first-order valence-corrected chi connectivity index (χ1v) is 14.2. The van der Waals surface area contributed by atoms with Crippen molar-refractivity contribution in [2.75, 3.05) is 4.90 Å². The minimum absolute atomic E-state index is 0.0316. The molecule has 3 aliphatic carbocycles. The maximum atomic E-state index is 14.0. The van der Waals surface area contributed by atoms with Gasteiger partial charge in [0, 0.05) is 39.1 Å². The van der Waals surface area contributed by atoms with Gasteiger partial charge < -0.3 is 5.11 Å². The number of nitrogens with zero attached hydrogens (tertiary/aromatic N) is 1. The van der Waals surface area contributed by atoms with Crippen LogP contribution in [0.25, 0.3) is 10.8 Å². The standard InChI is InChI=1S/C32H21BrClNO5/c33-24-14-25(36)28-23(30(24)38)13-22-19(26(28)20-10-5-15-3-1-2-4-18(15)29(20)37)11-12-21-27(22)32(40)35(31(21)39)17-8-6-16(34)7-9-17/h1-11,14,21-22,26-27,37H,12-13H2. The number of fused-ring (bicyclic) bond motifs is 4. The number of Topliss-reactive ketones (excluding diaryl/α,β-unsaturated/α-hetero) is 1. The van der Waals surface area contributed by atoms with Gasteiger partial charge >= 0.3 is 0 Å². The van der Waals surface area contributed by atoms with Crippen LogP contribution >= 0.6 is 27.5 Å². The molecule has 4 atom stereocenters. The highest BCUT2D eigenvalue weighted by atomic mass is 79.9. The van der Waals surface area contributed by atoms with Crippen LogP contribution in [0.15, 0.2) is 94.0 Å². The van der Waals surface area contributed by atoms with E-state index in [0.717, 1.165) is 11.0 Å². The van der Waals surface area contributed by atoms with E-state index in [0.29, 0.717) is 39.2 Å². The number of allylic oxidation sites excluding steroid dienone is 6. The van der Waals surface area contributed by atoms with Crippen LogP contribution in [0, 0.1) is 17.8 Å². The van der Waals surface area contributed by atoms with E-state index in [-0.39, 0.29) is 40.0 Å². The first-order valence-electron chi connectivity index (χ1n) is 13.0. The van der Waals surface area contributed by atoms with Gasteiger partial charge in [-0.1, -0.05) is 59.6 Å². The van der Waals surface area contributed by atoms with E-state index in [1.54, 1.807) is 30.3 Å². The van der Waals surface area contributed by atoms with E-state index in [9.17, 15) is 24.3 Å². The average molecular weight is 615 g/mol. The molecule has 1 aliphatic heterocycles. The van der Waals surface area contributed by atoms with Crippen molar-refractivity contribution in [1.82, 2.24) is 0 Å². The third-order valence-electron chi connectivity index (χ3n) is 8.66. The van der Waals surface area contributed by atoms with Gasteiger partial charge in [-0.3, -0.25) is 24.1 Å². The molecule has 3 aromatic carbocycles. The van der Waals surface area contributed by atoms with Gasteiger partial charge in [-0.2, -0.15) is 0 Å². The molecule has 3 aromatic rings. The number of halogens is 2. The number of amides is 2. The Morgan fingerprint density at radius 2 is 1.65 bits per heavy atom. The van der Waals surface area contributed by atoms with Crippen molar-refractivity contribution in [2.45, 2.75) is 18.8 Å². The number of anilines is 1. The van der Waals surface area contributed by atoms with Crippen LogP contribution in [-0.4, -0.2) is 28.5 Å². The lowest BCUT2D eigenvalue weighted by Gasteiger charge is -2.42. The lowest BCUT2D eigenvalue weighted by Crippen LogP contribution is -2.39. The maximum Gasteiger partial charge on any atom is 0.238 e. The van der Waals surface area contributed by atoms with Crippen molar-refractivity contribution in [3.05, 3.63) is 105 Å². The largest absolute Gasteiger partial charge is 0.507 e. The van der Waals surface area contributed by atoms with E-state index >= 15 is 0 Å². The third kappa shape index (κ3) is 3.54. The summed E-state index contributed by atoms with van der Waals surface area (Å²) in [6.45, 7) is 0. The van der Waals surface area contributed by atoms with Crippen LogP contribution < -0.4 is 4.90 Å². The number of imide groups is 1. The smallest absolute Gasteiger partial charge is 0.238 e. The molecule has 8 heteroatoms. The van der Waals surface area contributed by atoms with Gasteiger partial charge in [0.2, 0.25) is 11.8 Å². The number of aromatic hydroxyl groups is 1. The predicted molar refractivity (Wildman–Crippen MR) is 154 cm³/mol. The first kappa shape index (κ1) is 25.2. The highest BCUT2D eigenvalue weighted by Crippen LogP contribution is 2.57. The zero-order chi connectivity index (χ0) is 27.9. The number of carbonyl (C=O) groups is 4. The number of phenolic OH excluding ortho intramolecular Hbond substituents is 1. The van der Waals surface area contributed by atoms with Crippen LogP contribution in [0.5, 0.6) is 5.75 Å². The zero-order valence-electron chi connectivity index (χ0n) is 20.9. The summed E-state index contributed by atoms with van der Waals surface area (Å²) < 4.78 is 0.161. The van der Waals surface area contributed by atoms with Crippen molar-refractivity contribution in [2.24, 2.45) is 17.8 Å². The molecular formula is C32H21BrClNO5. The van der Waals surface area contributed by atoms with E-state index in [2.05, 4.69) is 15.9 Å². The lowest BCUT2D eigenvalue weighted by atomic mass is 9.59. The topological polar surface area (TPSA) is 91.8 Å². The highest BCUT2D eigenvalue weighted by Gasteiger charge is 2.56. The van der Waals surface area contributed by atoms with Crippen LogP contribution in [0.2, 0.25) is 5.02 Å². The lowest BCUT2D eigenvalue weighted by molar-refractivity contribution is -0.123. The quantitative estimate of drug-likeness (QED) is 0.212. The van der Waals surface area contributed by atoms with Crippen LogP contribution in [0.4, 0.5) is 5.69 Å². The van der Waals surface area contributed by atoms with E-state index in [4.69, 9.17) is 11.6 Å². The van der Waals surface area contributed by atoms with E-state index in [1.165, 1.54) is 11.0 Å². The van der Waals surface area contributed by atoms with Crippen LogP contribution in [0.3, 0.4) is 0 Å². The normalized spacial score (nSPS) is 26.0. The van der Waals surface area contributed by atoms with E-state index in [1.807, 2.05) is 36.4 Å². The molecule has 7 rings (SSSR count). The number of hydrogen-bond acceptors (Lipinski definition) is 5. The summed E-state index contributed by atoms with van der Waals surface area (Å²) >= 11 is 9.28. The number of ketones is 2. The Balaban J connectivity index is 1.40. The fourth-order valence-electron chi connectivity index (χ4n) is 6.91. The molecule has 1 heterocycles. The predicted octanol–water partition coefficient (Wildman–Crippen LogP) is 6.17. The summed E-state index contributed by atoms with van der Waals surface area (Å²) in [6.07, 6.45) is 3.70. The van der Waals surface area contributed by atoms with Gasteiger partial charge in [-0.05, 0) is 64.3 Å². The third-order valence-corrected chi connectivity index (χ3v) is 9.50. The molecule has 4 unspecified atom stereocenters. The molecule has 0 aromatic heterocycles. The molecule has 198 valence electrons. The molecular weight excluding hydrogens is 594 g/mol. The number of phenols is 1. The van der Waals surface area contributed by atoms with Gasteiger partial charge in [0.25, 0.3) is 0 Å². The number of hydrogen-bond donors (Lipinski definition) is 1. The summed E-state index contributed by atoms with van der Waals surface area (Å²) in [7, 11) is 0. The Hall–Kier alpha value is -3.81. The van der Waals surface area contributed by atoms with Gasteiger partial charge in [0.1, 0.15) is 5.75 Å². The summed E-state index contributed by atoms with van der Waals surface area (Å²) in [6, 6.07) is 17.6. The second kappa shape index (κ2) is 9.11. The Bertz CT molecular complexity index is 1790. The number of benzene rings is 3. The Morgan fingerprint density at radius 3 is 2.42 bits per heavy atom. The first-order chi connectivity index (χ1) is 19.3. The SMILES string of the molecule is O=C1C=C(Br)C(=O)C2=C1C(c1ccc3ccccc3c1O)C1=CCC3C(=O)N(c4ccc(Cl)cc4)C(=O)C3C1C2. The Labute approximate surface area is 242 Å². The fourth-order valence-corrected chi connectivity index (χ4v) is 7.48. The molecule has 0 saturated carbocycles. The molecule has 0 spiro atoms. The number of rotatable bonds is 2. The Morgan fingerprint density at radius 1 is 0.900 bits per heavy atom. The molecule has 0 radical (unpaired) electrons. The maximum absolute atomic E-state index is 14.0. The van der Waals surface area contributed by atoms with Crippen LogP contribution in [-0.2, 0) is 19.2 Å². The average Bonchev–Trinajstić information content (AvgIpc) is 3.21. The molecule has 0 bridgehead atoms. The molecule has 1 N–H and O–H groups in total. The van der Waals surface area contributed by atoms with Crippen molar-refractivity contribution >= 4 is 67.4 Å². The molecule has 40 heavy (non-hydrogen) atoms. The second-order valence-corrected chi connectivity index (χ2v) is 11.9. The summed E-state index contributed by atoms with van der Waals surface area (Å²) in [4.78, 5) is 55.6. The molecule has 1 saturated heterocycles. The van der Waals surface area contributed by atoms with Crippen molar-refractivity contribution < 1.29 is 24.3 Å². The summed E-state index contributed by atoms with van der Waals surface area (Å²) in [5.41, 5.74) is 2.39. The highest BCUT2D eigenvalue weighted by molar-refractivity contribution is 9.12. The van der Waals surface area contributed by atoms with Crippen molar-refractivity contribution in [3.8, 4) is 5.75 Å². The minimum atomic E-state index is -0.722. The molecule has 6 nitrogen and oxygen atoms in total. The Kier molecular flexibility index (Phi) is 5.74. The van der Waals surface area contributed by atoms with Gasteiger partial charge in [0.05, 0.1) is 22.0 Å². The molecule has 4 aliphatic rings. The van der Waals surface area contributed by atoms with Crippen molar-refractivity contribution in [1.29, 1.82) is 0 Å². The minimum Gasteiger partial charge on any atom is -0.507 e. The summed E-state index contributed by atoms with van der Waals surface area (Å²) in [5, 5.41) is 13.4.